The van der Waals surface area contributed by atoms with Gasteiger partial charge in [-0.05, 0) is 36.8 Å². The number of sulfonamides is 1. The van der Waals surface area contributed by atoms with E-state index < -0.39 is 26.9 Å². The number of nitrogens with zero attached hydrogens (tertiary/aromatic N) is 1. The van der Waals surface area contributed by atoms with Crippen LogP contribution in [0.2, 0.25) is 0 Å². The van der Waals surface area contributed by atoms with Gasteiger partial charge in [-0.15, -0.1) is 0 Å². The molecule has 29 heavy (non-hydrogen) atoms. The molecule has 0 heterocycles. The van der Waals surface area contributed by atoms with E-state index in [1.165, 1.54) is 42.5 Å². The molecule has 10 nitrogen and oxygen atoms in total. The number of nitro benzene ring substituents is 1. The molecule has 3 amide bonds. The first-order valence-electron chi connectivity index (χ1n) is 8.69. The van der Waals surface area contributed by atoms with Crippen molar-refractivity contribution in [1.29, 1.82) is 0 Å². The molecule has 2 aromatic rings. The fraction of sp³-hybridized carbons (Fsp3) is 0.222. The first kappa shape index (κ1) is 21.8. The number of nitrogens with one attached hydrogen (secondary N) is 3. The molecular formula is C18H20N4O6S. The van der Waals surface area contributed by atoms with Crippen LogP contribution in [0.25, 0.3) is 0 Å². The number of urea groups is 1. The third-order valence-electron chi connectivity index (χ3n) is 3.78. The van der Waals surface area contributed by atoms with Gasteiger partial charge in [0.1, 0.15) is 0 Å². The maximum absolute atomic E-state index is 12.2. The normalized spacial score (nSPS) is 10.8. The summed E-state index contributed by atoms with van der Waals surface area (Å²) < 4.78 is 26.3. The molecule has 0 radical (unpaired) electrons. The quantitative estimate of drug-likeness (QED) is 0.340. The highest BCUT2D eigenvalue weighted by Gasteiger charge is 2.18. The Labute approximate surface area is 167 Å². The molecule has 3 N–H and O–H groups in total. The molecule has 0 aliphatic carbocycles. The summed E-state index contributed by atoms with van der Waals surface area (Å²) >= 11 is 0. The van der Waals surface area contributed by atoms with Crippen LogP contribution in [0, 0.1) is 10.1 Å². The van der Waals surface area contributed by atoms with E-state index in [4.69, 9.17) is 0 Å². The van der Waals surface area contributed by atoms with Crippen molar-refractivity contribution in [2.24, 2.45) is 0 Å². The number of non-ortho nitro benzene ring substituents is 1. The van der Waals surface area contributed by atoms with Gasteiger partial charge in [-0.2, -0.15) is 0 Å². The number of hydrogen-bond acceptors (Lipinski definition) is 6. The van der Waals surface area contributed by atoms with E-state index in [-0.39, 0.29) is 21.8 Å². The zero-order valence-corrected chi connectivity index (χ0v) is 16.4. The molecule has 0 atom stereocenters. The predicted octanol–water partition coefficient (Wildman–Crippen LogP) is 2.64. The molecule has 0 aliphatic rings. The molecular weight excluding hydrogens is 400 g/mol. The minimum atomic E-state index is -4.06. The SMILES string of the molecule is CCCCNC(=O)NS(=O)(=O)c1ccc(NC(=O)c2cccc([N+](=O)[O-])c2)cc1. The van der Waals surface area contributed by atoms with Crippen LogP contribution in [-0.4, -0.2) is 31.8 Å². The molecule has 0 saturated carbocycles. The highest BCUT2D eigenvalue weighted by molar-refractivity contribution is 7.90. The number of carbonyl (C=O) groups is 2. The first-order valence-corrected chi connectivity index (χ1v) is 10.2. The number of rotatable bonds is 8. The van der Waals surface area contributed by atoms with Gasteiger partial charge in [-0.3, -0.25) is 14.9 Å². The number of carbonyl (C=O) groups excluding carboxylic acids is 2. The van der Waals surface area contributed by atoms with E-state index in [9.17, 15) is 28.1 Å². The van der Waals surface area contributed by atoms with E-state index in [2.05, 4.69) is 10.6 Å². The average molecular weight is 420 g/mol. The summed E-state index contributed by atoms with van der Waals surface area (Å²) in [4.78, 5) is 33.9. The summed E-state index contributed by atoms with van der Waals surface area (Å²) in [5.41, 5.74) is 0.150. The molecule has 0 fully saturated rings. The number of anilines is 1. The Hall–Kier alpha value is -3.47. The van der Waals surface area contributed by atoms with Crippen LogP contribution >= 0.6 is 0 Å². The third kappa shape index (κ3) is 6.28. The molecule has 0 unspecified atom stereocenters. The van der Waals surface area contributed by atoms with Crippen molar-refractivity contribution >= 4 is 33.3 Å². The van der Waals surface area contributed by atoms with E-state index >= 15 is 0 Å². The highest BCUT2D eigenvalue weighted by atomic mass is 32.2. The van der Waals surface area contributed by atoms with Crippen molar-refractivity contribution < 1.29 is 22.9 Å². The second-order valence-corrected chi connectivity index (χ2v) is 7.68. The van der Waals surface area contributed by atoms with Crippen molar-refractivity contribution in [2.45, 2.75) is 24.7 Å². The van der Waals surface area contributed by atoms with Gasteiger partial charge in [0, 0.05) is 29.9 Å². The molecule has 154 valence electrons. The lowest BCUT2D eigenvalue weighted by atomic mass is 10.2. The van der Waals surface area contributed by atoms with Gasteiger partial charge in [-0.25, -0.2) is 17.9 Å². The summed E-state index contributed by atoms with van der Waals surface area (Å²) in [5.74, 6) is -0.585. The van der Waals surface area contributed by atoms with Crippen molar-refractivity contribution in [3.05, 3.63) is 64.2 Å². The number of amides is 3. The number of unbranched alkanes of at least 4 members (excludes halogenated alkanes) is 1. The smallest absolute Gasteiger partial charge is 0.328 e. The molecule has 0 bridgehead atoms. The third-order valence-corrected chi connectivity index (χ3v) is 5.13. The van der Waals surface area contributed by atoms with E-state index in [0.29, 0.717) is 6.54 Å². The Morgan fingerprint density at radius 1 is 1.10 bits per heavy atom. The molecule has 2 rings (SSSR count). The second kappa shape index (κ2) is 9.64. The van der Waals surface area contributed by atoms with Gasteiger partial charge in [0.15, 0.2) is 0 Å². The summed E-state index contributed by atoms with van der Waals surface area (Å²) in [6.07, 6.45) is 1.59. The van der Waals surface area contributed by atoms with Gasteiger partial charge in [0.05, 0.1) is 9.82 Å². The van der Waals surface area contributed by atoms with Gasteiger partial charge in [0.2, 0.25) is 0 Å². The van der Waals surface area contributed by atoms with Gasteiger partial charge >= 0.3 is 6.03 Å². The molecule has 0 spiro atoms. The zero-order chi connectivity index (χ0) is 21.4. The van der Waals surface area contributed by atoms with Crippen LogP contribution < -0.4 is 15.4 Å². The van der Waals surface area contributed by atoms with Gasteiger partial charge in [-0.1, -0.05) is 19.4 Å². The van der Waals surface area contributed by atoms with Crippen LogP contribution in [-0.2, 0) is 10.0 Å². The van der Waals surface area contributed by atoms with Crippen LogP contribution in [0.4, 0.5) is 16.2 Å². The standard InChI is InChI=1S/C18H20N4O6S/c1-2-3-11-19-18(24)21-29(27,28)16-9-7-14(8-10-16)20-17(23)13-5-4-6-15(12-13)22(25)26/h4-10,12H,2-3,11H2,1H3,(H,20,23)(H2,19,21,24). The van der Waals surface area contributed by atoms with Gasteiger partial charge in [0.25, 0.3) is 21.6 Å². The largest absolute Gasteiger partial charge is 0.337 e. The molecule has 0 saturated heterocycles. The fourth-order valence-corrected chi connectivity index (χ4v) is 3.21. The summed E-state index contributed by atoms with van der Waals surface area (Å²) in [7, 11) is -4.06. The van der Waals surface area contributed by atoms with Gasteiger partial charge < -0.3 is 10.6 Å². The van der Waals surface area contributed by atoms with Crippen LogP contribution in [0.3, 0.4) is 0 Å². The summed E-state index contributed by atoms with van der Waals surface area (Å²) in [5, 5.41) is 15.8. The van der Waals surface area contributed by atoms with Crippen LogP contribution in [0.15, 0.2) is 53.4 Å². The molecule has 0 aliphatic heterocycles. The predicted molar refractivity (Wildman–Crippen MR) is 106 cm³/mol. The Morgan fingerprint density at radius 2 is 1.79 bits per heavy atom. The van der Waals surface area contributed by atoms with E-state index in [1.54, 1.807) is 0 Å². The second-order valence-electron chi connectivity index (χ2n) is 6.00. The Kier molecular flexibility index (Phi) is 7.26. The minimum absolute atomic E-state index is 0.0846. The maximum Gasteiger partial charge on any atom is 0.328 e. The molecule has 2 aromatic carbocycles. The van der Waals surface area contributed by atoms with Crippen molar-refractivity contribution in [2.75, 3.05) is 11.9 Å². The van der Waals surface area contributed by atoms with E-state index in [0.717, 1.165) is 18.9 Å². The summed E-state index contributed by atoms with van der Waals surface area (Å²) in [6.45, 7) is 2.30. The van der Waals surface area contributed by atoms with Crippen LogP contribution in [0.5, 0.6) is 0 Å². The van der Waals surface area contributed by atoms with Crippen molar-refractivity contribution in [3.8, 4) is 0 Å². The summed E-state index contributed by atoms with van der Waals surface area (Å²) in [6, 6.07) is 9.54. The lowest BCUT2D eigenvalue weighted by Gasteiger charge is -2.09. The molecule has 0 aromatic heterocycles. The Bertz CT molecular complexity index is 1010. The van der Waals surface area contributed by atoms with Crippen molar-refractivity contribution in [1.82, 2.24) is 10.0 Å². The topological polar surface area (TPSA) is 148 Å². The van der Waals surface area contributed by atoms with Crippen LogP contribution in [0.1, 0.15) is 30.1 Å². The molecule has 11 heteroatoms. The average Bonchev–Trinajstić information content (AvgIpc) is 2.68. The monoisotopic (exact) mass is 420 g/mol. The Morgan fingerprint density at radius 3 is 2.41 bits per heavy atom. The lowest BCUT2D eigenvalue weighted by Crippen LogP contribution is -2.39. The maximum atomic E-state index is 12.2. The fourth-order valence-electron chi connectivity index (χ4n) is 2.28. The van der Waals surface area contributed by atoms with E-state index in [1.807, 2.05) is 11.6 Å². The number of benzene rings is 2. The number of hydrogen-bond donors (Lipinski definition) is 3. The Balaban J connectivity index is 2.04. The lowest BCUT2D eigenvalue weighted by molar-refractivity contribution is -0.384. The first-order chi connectivity index (χ1) is 13.7. The minimum Gasteiger partial charge on any atom is -0.337 e. The number of nitro groups is 1. The van der Waals surface area contributed by atoms with Crippen molar-refractivity contribution in [3.63, 3.8) is 0 Å². The zero-order valence-electron chi connectivity index (χ0n) is 15.5. The highest BCUT2D eigenvalue weighted by Crippen LogP contribution is 2.17.